The molecule has 0 saturated carbocycles. The van der Waals surface area contributed by atoms with Crippen LogP contribution in [0.25, 0.3) is 0 Å². The third-order valence-electron chi connectivity index (χ3n) is 2.89. The SMILES string of the molecule is CCn1nc(C)cc1CC(N)c1coc(C)c1. The molecule has 4 heteroatoms. The summed E-state index contributed by atoms with van der Waals surface area (Å²) in [5, 5.41) is 4.42. The fourth-order valence-corrected chi connectivity index (χ4v) is 2.04. The standard InChI is InChI=1S/C13H19N3O/c1-4-16-12(5-9(2)15-16)7-13(14)11-6-10(3)17-8-11/h5-6,8,13H,4,7,14H2,1-3H3. The molecule has 92 valence electrons. The Bertz CT molecular complexity index is 498. The molecule has 0 fully saturated rings. The number of hydrogen-bond donors (Lipinski definition) is 1. The molecule has 2 heterocycles. The Hall–Kier alpha value is -1.55. The Morgan fingerprint density at radius 2 is 2.18 bits per heavy atom. The van der Waals surface area contributed by atoms with E-state index < -0.39 is 0 Å². The molecule has 1 unspecified atom stereocenters. The van der Waals surface area contributed by atoms with E-state index in [1.807, 2.05) is 24.6 Å². The summed E-state index contributed by atoms with van der Waals surface area (Å²) in [7, 11) is 0. The van der Waals surface area contributed by atoms with Crippen molar-refractivity contribution in [3.05, 3.63) is 41.1 Å². The van der Waals surface area contributed by atoms with Gasteiger partial charge in [0.15, 0.2) is 0 Å². The molecule has 4 nitrogen and oxygen atoms in total. The molecule has 2 aromatic heterocycles. The van der Waals surface area contributed by atoms with Crippen LogP contribution in [-0.2, 0) is 13.0 Å². The second-order valence-corrected chi connectivity index (χ2v) is 4.39. The van der Waals surface area contributed by atoms with E-state index in [1.54, 1.807) is 6.26 Å². The Balaban J connectivity index is 2.14. The van der Waals surface area contributed by atoms with E-state index in [1.165, 1.54) is 5.69 Å². The van der Waals surface area contributed by atoms with Crippen LogP contribution in [0.5, 0.6) is 0 Å². The normalized spacial score (nSPS) is 12.9. The van der Waals surface area contributed by atoms with Crippen molar-refractivity contribution in [2.45, 2.75) is 39.8 Å². The highest BCUT2D eigenvalue weighted by Gasteiger charge is 2.13. The molecule has 2 rings (SSSR count). The highest BCUT2D eigenvalue weighted by Crippen LogP contribution is 2.19. The lowest BCUT2D eigenvalue weighted by Gasteiger charge is -2.10. The smallest absolute Gasteiger partial charge is 0.101 e. The average molecular weight is 233 g/mol. The zero-order valence-corrected chi connectivity index (χ0v) is 10.6. The van der Waals surface area contributed by atoms with Gasteiger partial charge in [-0.25, -0.2) is 0 Å². The van der Waals surface area contributed by atoms with Crippen molar-refractivity contribution in [1.82, 2.24) is 9.78 Å². The van der Waals surface area contributed by atoms with E-state index in [2.05, 4.69) is 18.1 Å². The zero-order chi connectivity index (χ0) is 12.4. The first-order valence-corrected chi connectivity index (χ1v) is 5.94. The summed E-state index contributed by atoms with van der Waals surface area (Å²) < 4.78 is 7.28. The molecular formula is C13H19N3O. The number of nitrogens with two attached hydrogens (primary N) is 1. The lowest BCUT2D eigenvalue weighted by atomic mass is 10.1. The Morgan fingerprint density at radius 1 is 1.41 bits per heavy atom. The average Bonchev–Trinajstić information content (AvgIpc) is 2.85. The highest BCUT2D eigenvalue weighted by atomic mass is 16.3. The molecule has 17 heavy (non-hydrogen) atoms. The van der Waals surface area contributed by atoms with Gasteiger partial charge < -0.3 is 10.2 Å². The first-order valence-electron chi connectivity index (χ1n) is 5.94. The molecule has 2 aromatic rings. The second kappa shape index (κ2) is 4.75. The fraction of sp³-hybridized carbons (Fsp3) is 0.462. The van der Waals surface area contributed by atoms with Crippen LogP contribution in [0.3, 0.4) is 0 Å². The zero-order valence-electron chi connectivity index (χ0n) is 10.6. The molecule has 0 aromatic carbocycles. The predicted molar refractivity (Wildman–Crippen MR) is 66.7 cm³/mol. The summed E-state index contributed by atoms with van der Waals surface area (Å²) in [6, 6.07) is 4.05. The summed E-state index contributed by atoms with van der Waals surface area (Å²) in [6.45, 7) is 6.89. The van der Waals surface area contributed by atoms with Gasteiger partial charge in [-0.15, -0.1) is 0 Å². The predicted octanol–water partition coefficient (Wildman–Crippen LogP) is 2.36. The highest BCUT2D eigenvalue weighted by molar-refractivity contribution is 5.19. The molecule has 0 saturated heterocycles. The largest absolute Gasteiger partial charge is 0.469 e. The van der Waals surface area contributed by atoms with Gasteiger partial charge in [-0.05, 0) is 32.9 Å². The van der Waals surface area contributed by atoms with Crippen LogP contribution in [0.2, 0.25) is 0 Å². The molecule has 1 atom stereocenters. The van der Waals surface area contributed by atoms with Gasteiger partial charge in [-0.2, -0.15) is 5.10 Å². The lowest BCUT2D eigenvalue weighted by Crippen LogP contribution is -2.15. The second-order valence-electron chi connectivity index (χ2n) is 4.39. The summed E-state index contributed by atoms with van der Waals surface area (Å²) in [5.74, 6) is 0.899. The number of nitrogens with zero attached hydrogens (tertiary/aromatic N) is 2. The van der Waals surface area contributed by atoms with E-state index in [-0.39, 0.29) is 6.04 Å². The van der Waals surface area contributed by atoms with Gasteiger partial charge >= 0.3 is 0 Å². The quantitative estimate of drug-likeness (QED) is 0.882. The molecule has 0 spiro atoms. The number of furan rings is 1. The van der Waals surface area contributed by atoms with Gasteiger partial charge in [0.05, 0.1) is 12.0 Å². The first-order chi connectivity index (χ1) is 8.10. The molecule has 0 aliphatic heterocycles. The van der Waals surface area contributed by atoms with Crippen LogP contribution in [-0.4, -0.2) is 9.78 Å². The van der Waals surface area contributed by atoms with Crippen LogP contribution in [0, 0.1) is 13.8 Å². The maximum Gasteiger partial charge on any atom is 0.101 e. The molecular weight excluding hydrogens is 214 g/mol. The molecule has 0 aliphatic rings. The first kappa shape index (κ1) is 11.9. The molecule has 0 amide bonds. The Labute approximate surface area is 101 Å². The van der Waals surface area contributed by atoms with Crippen molar-refractivity contribution in [2.75, 3.05) is 0 Å². The van der Waals surface area contributed by atoms with E-state index in [0.717, 1.165) is 30.0 Å². The van der Waals surface area contributed by atoms with Crippen LogP contribution in [0.4, 0.5) is 0 Å². The molecule has 2 N–H and O–H groups in total. The van der Waals surface area contributed by atoms with E-state index in [4.69, 9.17) is 10.2 Å². The number of hydrogen-bond acceptors (Lipinski definition) is 3. The third kappa shape index (κ3) is 2.58. The van der Waals surface area contributed by atoms with Crippen LogP contribution in [0.15, 0.2) is 22.8 Å². The Morgan fingerprint density at radius 3 is 2.76 bits per heavy atom. The van der Waals surface area contributed by atoms with Crippen molar-refractivity contribution in [2.24, 2.45) is 5.73 Å². The number of rotatable bonds is 4. The third-order valence-corrected chi connectivity index (χ3v) is 2.89. The van der Waals surface area contributed by atoms with Crippen molar-refractivity contribution in [1.29, 1.82) is 0 Å². The minimum Gasteiger partial charge on any atom is -0.469 e. The monoisotopic (exact) mass is 233 g/mol. The van der Waals surface area contributed by atoms with Gasteiger partial charge in [0, 0.05) is 30.3 Å². The summed E-state index contributed by atoms with van der Waals surface area (Å²) in [4.78, 5) is 0. The van der Waals surface area contributed by atoms with Crippen LogP contribution < -0.4 is 5.73 Å². The molecule has 0 bridgehead atoms. The van der Waals surface area contributed by atoms with Crippen molar-refractivity contribution in [3.63, 3.8) is 0 Å². The minimum absolute atomic E-state index is 0.0335. The minimum atomic E-state index is -0.0335. The van der Waals surface area contributed by atoms with E-state index in [9.17, 15) is 0 Å². The van der Waals surface area contributed by atoms with Gasteiger partial charge in [-0.3, -0.25) is 4.68 Å². The number of aromatic nitrogens is 2. The molecule has 0 aliphatic carbocycles. The van der Waals surface area contributed by atoms with Crippen molar-refractivity contribution in [3.8, 4) is 0 Å². The maximum absolute atomic E-state index is 6.17. The summed E-state index contributed by atoms with van der Waals surface area (Å²) >= 11 is 0. The van der Waals surface area contributed by atoms with E-state index in [0.29, 0.717) is 0 Å². The lowest BCUT2D eigenvalue weighted by molar-refractivity contribution is 0.526. The number of aryl methyl sites for hydroxylation is 3. The van der Waals surface area contributed by atoms with Gasteiger partial charge in [0.1, 0.15) is 5.76 Å². The fourth-order valence-electron chi connectivity index (χ4n) is 2.04. The van der Waals surface area contributed by atoms with Crippen LogP contribution in [0.1, 0.15) is 35.7 Å². The molecule has 0 radical (unpaired) electrons. The topological polar surface area (TPSA) is 57.0 Å². The summed E-state index contributed by atoms with van der Waals surface area (Å²) in [5.41, 5.74) is 9.43. The Kier molecular flexibility index (Phi) is 3.33. The maximum atomic E-state index is 6.17. The van der Waals surface area contributed by atoms with Gasteiger partial charge in [0.2, 0.25) is 0 Å². The summed E-state index contributed by atoms with van der Waals surface area (Å²) in [6.07, 6.45) is 2.52. The van der Waals surface area contributed by atoms with Crippen molar-refractivity contribution >= 4 is 0 Å². The van der Waals surface area contributed by atoms with Gasteiger partial charge in [0.25, 0.3) is 0 Å². The van der Waals surface area contributed by atoms with E-state index >= 15 is 0 Å². The van der Waals surface area contributed by atoms with Gasteiger partial charge in [-0.1, -0.05) is 0 Å². The van der Waals surface area contributed by atoms with Crippen LogP contribution >= 0.6 is 0 Å². The van der Waals surface area contributed by atoms with Crippen molar-refractivity contribution < 1.29 is 4.42 Å².